The number of carbonyl (C=O) groups excluding carboxylic acids is 1. The Bertz CT molecular complexity index is 1330. The number of ether oxygens (including phenoxy) is 1. The molecule has 0 spiro atoms. The van der Waals surface area contributed by atoms with Crippen molar-refractivity contribution in [1.29, 1.82) is 0 Å². The van der Waals surface area contributed by atoms with E-state index in [1.807, 2.05) is 81.4 Å². The van der Waals surface area contributed by atoms with E-state index >= 15 is 0 Å². The second kappa shape index (κ2) is 9.84. The van der Waals surface area contributed by atoms with Gasteiger partial charge in [0.15, 0.2) is 0 Å². The molecule has 1 heterocycles. The molecule has 0 saturated heterocycles. The van der Waals surface area contributed by atoms with Crippen LogP contribution in [0.15, 0.2) is 84.0 Å². The lowest BCUT2D eigenvalue weighted by Crippen LogP contribution is -2.20. The molecule has 0 aliphatic heterocycles. The molecule has 0 bridgehead atoms. The summed E-state index contributed by atoms with van der Waals surface area (Å²) in [6, 6.07) is 24.5. The Morgan fingerprint density at radius 3 is 2.45 bits per heavy atom. The van der Waals surface area contributed by atoms with Crippen LogP contribution >= 0.6 is 11.6 Å². The summed E-state index contributed by atoms with van der Waals surface area (Å²) >= 11 is 6.42. The highest BCUT2D eigenvalue weighted by Gasteiger charge is 2.16. The molecular weight excluding hydrogens is 434 g/mol. The molecule has 0 radical (unpaired) electrons. The van der Waals surface area contributed by atoms with Crippen molar-refractivity contribution in [2.75, 3.05) is 0 Å². The summed E-state index contributed by atoms with van der Waals surface area (Å²) in [5, 5.41) is 5.50. The van der Waals surface area contributed by atoms with E-state index in [0.717, 1.165) is 16.9 Å². The van der Waals surface area contributed by atoms with Crippen LogP contribution in [0.3, 0.4) is 0 Å². The third kappa shape index (κ3) is 5.04. The Balaban J connectivity index is 1.71. The van der Waals surface area contributed by atoms with E-state index in [1.54, 1.807) is 18.2 Å². The fraction of sp³-hybridized carbons (Fsp3) is 0.148. The standard InChI is InChI=1S/C27H24ClN3O2/c1-17(2)33-25-15-8-7-12-20(25)18(3)30-31-27(32)22-16-24(19-10-5-4-6-11-19)29-26-21(22)13-9-14-23(26)28/h4-17H,1-3H3,(H,31,32)/b30-18+. The molecule has 33 heavy (non-hydrogen) atoms. The van der Waals surface area contributed by atoms with E-state index in [4.69, 9.17) is 21.3 Å². The molecule has 1 amide bonds. The Kier molecular flexibility index (Phi) is 6.71. The fourth-order valence-electron chi connectivity index (χ4n) is 3.54. The van der Waals surface area contributed by atoms with Gasteiger partial charge in [0.1, 0.15) is 5.75 Å². The van der Waals surface area contributed by atoms with Gasteiger partial charge < -0.3 is 4.74 Å². The van der Waals surface area contributed by atoms with E-state index in [1.165, 1.54) is 0 Å². The number of amides is 1. The molecule has 1 N–H and O–H groups in total. The number of benzene rings is 3. The Morgan fingerprint density at radius 1 is 0.970 bits per heavy atom. The quantitative estimate of drug-likeness (QED) is 0.265. The highest BCUT2D eigenvalue weighted by atomic mass is 35.5. The minimum Gasteiger partial charge on any atom is -0.490 e. The minimum atomic E-state index is -0.344. The van der Waals surface area contributed by atoms with Crippen LogP contribution in [0, 0.1) is 0 Å². The number of aromatic nitrogens is 1. The van der Waals surface area contributed by atoms with Crippen molar-refractivity contribution in [1.82, 2.24) is 10.4 Å². The Labute approximate surface area is 198 Å². The second-order valence-electron chi connectivity index (χ2n) is 7.86. The molecule has 3 aromatic carbocycles. The number of nitrogens with zero attached hydrogens (tertiary/aromatic N) is 2. The maximum absolute atomic E-state index is 13.2. The van der Waals surface area contributed by atoms with Crippen LogP contribution in [0.4, 0.5) is 0 Å². The van der Waals surface area contributed by atoms with Gasteiger partial charge in [-0.1, -0.05) is 66.2 Å². The van der Waals surface area contributed by atoms with E-state index in [-0.39, 0.29) is 12.0 Å². The van der Waals surface area contributed by atoms with Crippen LogP contribution in [-0.2, 0) is 0 Å². The van der Waals surface area contributed by atoms with Crippen molar-refractivity contribution in [3.05, 3.63) is 95.0 Å². The smallest absolute Gasteiger partial charge is 0.272 e. The number of hydrazone groups is 1. The number of fused-ring (bicyclic) bond motifs is 1. The van der Waals surface area contributed by atoms with Crippen LogP contribution < -0.4 is 10.2 Å². The molecule has 0 unspecified atom stereocenters. The van der Waals surface area contributed by atoms with Crippen molar-refractivity contribution >= 4 is 34.1 Å². The number of hydrogen-bond acceptors (Lipinski definition) is 4. The van der Waals surface area contributed by atoms with Gasteiger partial charge >= 0.3 is 0 Å². The van der Waals surface area contributed by atoms with Crippen LogP contribution in [-0.4, -0.2) is 22.7 Å². The highest BCUT2D eigenvalue weighted by molar-refractivity contribution is 6.35. The van der Waals surface area contributed by atoms with Gasteiger partial charge in [0.25, 0.3) is 5.91 Å². The van der Waals surface area contributed by atoms with Crippen molar-refractivity contribution in [2.24, 2.45) is 5.10 Å². The van der Waals surface area contributed by atoms with E-state index in [9.17, 15) is 4.79 Å². The lowest BCUT2D eigenvalue weighted by molar-refractivity contribution is 0.0956. The number of pyridine rings is 1. The monoisotopic (exact) mass is 457 g/mol. The van der Waals surface area contributed by atoms with E-state index in [0.29, 0.717) is 32.9 Å². The zero-order chi connectivity index (χ0) is 23.4. The highest BCUT2D eigenvalue weighted by Crippen LogP contribution is 2.29. The number of nitrogens with one attached hydrogen (secondary N) is 1. The van der Waals surface area contributed by atoms with Crippen LogP contribution in [0.25, 0.3) is 22.2 Å². The number of carbonyl (C=O) groups is 1. The average molecular weight is 458 g/mol. The third-order valence-corrected chi connectivity index (χ3v) is 5.37. The predicted molar refractivity (Wildman–Crippen MR) is 134 cm³/mol. The van der Waals surface area contributed by atoms with Gasteiger partial charge in [0.2, 0.25) is 0 Å². The number of para-hydroxylation sites is 2. The Morgan fingerprint density at radius 2 is 1.70 bits per heavy atom. The summed E-state index contributed by atoms with van der Waals surface area (Å²) in [5.74, 6) is 0.374. The lowest BCUT2D eigenvalue weighted by atomic mass is 10.0. The van der Waals surface area contributed by atoms with Crippen LogP contribution in [0.2, 0.25) is 5.02 Å². The summed E-state index contributed by atoms with van der Waals surface area (Å²) < 4.78 is 5.88. The van der Waals surface area contributed by atoms with Gasteiger partial charge in [-0.25, -0.2) is 10.4 Å². The molecule has 0 aliphatic carbocycles. The van der Waals surface area contributed by atoms with Crippen molar-refractivity contribution in [2.45, 2.75) is 26.9 Å². The number of rotatable bonds is 6. The summed E-state index contributed by atoms with van der Waals surface area (Å²) in [5.41, 5.74) is 6.73. The van der Waals surface area contributed by atoms with Crippen molar-refractivity contribution in [3.8, 4) is 17.0 Å². The van der Waals surface area contributed by atoms with Crippen LogP contribution in [0.1, 0.15) is 36.7 Å². The summed E-state index contributed by atoms with van der Waals surface area (Å²) in [4.78, 5) is 17.9. The van der Waals surface area contributed by atoms with E-state index < -0.39 is 0 Å². The first kappa shape index (κ1) is 22.5. The van der Waals surface area contributed by atoms with Gasteiger partial charge in [0.05, 0.1) is 33.6 Å². The summed E-state index contributed by atoms with van der Waals surface area (Å²) in [6.45, 7) is 5.77. The average Bonchev–Trinajstić information content (AvgIpc) is 2.82. The van der Waals surface area contributed by atoms with Gasteiger partial charge in [-0.3, -0.25) is 4.79 Å². The fourth-order valence-corrected chi connectivity index (χ4v) is 3.75. The second-order valence-corrected chi connectivity index (χ2v) is 8.27. The molecule has 4 aromatic rings. The van der Waals surface area contributed by atoms with Crippen LogP contribution in [0.5, 0.6) is 5.75 Å². The van der Waals surface area contributed by atoms with Crippen molar-refractivity contribution in [3.63, 3.8) is 0 Å². The lowest BCUT2D eigenvalue weighted by Gasteiger charge is -2.14. The third-order valence-electron chi connectivity index (χ3n) is 5.07. The molecule has 5 nitrogen and oxygen atoms in total. The summed E-state index contributed by atoms with van der Waals surface area (Å²) in [7, 11) is 0. The zero-order valence-corrected chi connectivity index (χ0v) is 19.4. The molecule has 1 aromatic heterocycles. The molecule has 0 atom stereocenters. The first-order chi connectivity index (χ1) is 15.9. The first-order valence-electron chi connectivity index (χ1n) is 10.7. The molecule has 6 heteroatoms. The number of hydrogen-bond donors (Lipinski definition) is 1. The maximum Gasteiger partial charge on any atom is 0.272 e. The van der Waals surface area contributed by atoms with Gasteiger partial charge in [-0.2, -0.15) is 5.10 Å². The molecular formula is C27H24ClN3O2. The van der Waals surface area contributed by atoms with Crippen molar-refractivity contribution < 1.29 is 9.53 Å². The molecule has 0 aliphatic rings. The minimum absolute atomic E-state index is 0.0258. The maximum atomic E-state index is 13.2. The molecule has 166 valence electrons. The largest absolute Gasteiger partial charge is 0.490 e. The summed E-state index contributed by atoms with van der Waals surface area (Å²) in [6.07, 6.45) is 0.0258. The van der Waals surface area contributed by atoms with Gasteiger partial charge in [-0.05, 0) is 45.0 Å². The zero-order valence-electron chi connectivity index (χ0n) is 18.7. The Hall–Kier alpha value is -3.70. The molecule has 0 fully saturated rings. The first-order valence-corrected chi connectivity index (χ1v) is 11.1. The molecule has 4 rings (SSSR count). The normalized spacial score (nSPS) is 11.6. The molecule has 0 saturated carbocycles. The predicted octanol–water partition coefficient (Wildman–Crippen LogP) is 6.50. The van der Waals surface area contributed by atoms with Gasteiger partial charge in [-0.15, -0.1) is 0 Å². The SMILES string of the molecule is C/C(=N\NC(=O)c1cc(-c2ccccc2)nc2c(Cl)cccc12)c1ccccc1OC(C)C. The topological polar surface area (TPSA) is 63.6 Å². The number of halogens is 1. The van der Waals surface area contributed by atoms with Gasteiger partial charge in [0, 0.05) is 16.5 Å². The van der Waals surface area contributed by atoms with E-state index in [2.05, 4.69) is 10.5 Å².